The third-order valence-electron chi connectivity index (χ3n) is 4.94. The van der Waals surface area contributed by atoms with E-state index >= 15 is 0 Å². The van der Waals surface area contributed by atoms with Crippen molar-refractivity contribution in [1.82, 2.24) is 9.97 Å². The summed E-state index contributed by atoms with van der Waals surface area (Å²) in [4.78, 5) is 8.66. The van der Waals surface area contributed by atoms with Crippen LogP contribution in [0.5, 0.6) is 0 Å². The minimum Gasteiger partial charge on any atom is -0.455 e. The SMILES string of the molecule is [B]c1c([B])c([B])c2c(-c3cccc4c3oc3ccccc34)nc(Cl)nc2c1[B]. The molecular formula is C20H7B4ClN2O. The van der Waals surface area contributed by atoms with Crippen molar-refractivity contribution in [3.63, 3.8) is 0 Å². The van der Waals surface area contributed by atoms with Crippen molar-refractivity contribution in [3.8, 4) is 11.3 Å². The Balaban J connectivity index is 1.98. The maximum Gasteiger partial charge on any atom is 0.223 e. The Labute approximate surface area is 171 Å². The summed E-state index contributed by atoms with van der Waals surface area (Å²) < 4.78 is 6.12. The lowest BCUT2D eigenvalue weighted by Crippen LogP contribution is -2.48. The molecule has 3 aromatic carbocycles. The third kappa shape index (κ3) is 2.36. The van der Waals surface area contributed by atoms with Crippen LogP contribution < -0.4 is 21.9 Å². The molecule has 0 saturated carbocycles. The summed E-state index contributed by atoms with van der Waals surface area (Å²) in [5.74, 6) is 0. The van der Waals surface area contributed by atoms with Crippen molar-refractivity contribution in [2.45, 2.75) is 0 Å². The van der Waals surface area contributed by atoms with E-state index < -0.39 is 0 Å². The molecule has 28 heavy (non-hydrogen) atoms. The van der Waals surface area contributed by atoms with E-state index in [-0.39, 0.29) is 27.1 Å². The number of nitrogens with zero attached hydrogens (tertiary/aromatic N) is 2. The Morgan fingerprint density at radius 3 is 2.29 bits per heavy atom. The molecule has 5 rings (SSSR count). The van der Waals surface area contributed by atoms with Gasteiger partial charge in [-0.2, -0.15) is 0 Å². The molecule has 0 bridgehead atoms. The van der Waals surface area contributed by atoms with Gasteiger partial charge in [-0.25, -0.2) is 9.97 Å². The second kappa shape index (κ2) is 6.18. The summed E-state index contributed by atoms with van der Waals surface area (Å²) in [5, 5.41) is 2.46. The fourth-order valence-electron chi connectivity index (χ4n) is 3.56. The minimum atomic E-state index is 0.0193. The molecular weight excluding hydrogens is 363 g/mol. The maximum atomic E-state index is 6.28. The fraction of sp³-hybridized carbons (Fsp3) is 0. The van der Waals surface area contributed by atoms with Crippen LogP contribution in [-0.4, -0.2) is 41.4 Å². The van der Waals surface area contributed by atoms with Crippen LogP contribution in [0.1, 0.15) is 0 Å². The highest BCUT2D eigenvalue weighted by Crippen LogP contribution is 2.36. The summed E-state index contributed by atoms with van der Waals surface area (Å²) in [6.07, 6.45) is 0. The molecule has 5 aromatic rings. The van der Waals surface area contributed by atoms with Gasteiger partial charge in [0.2, 0.25) is 5.28 Å². The number of hydrogen-bond donors (Lipinski definition) is 0. The highest BCUT2D eigenvalue weighted by atomic mass is 35.5. The first-order chi connectivity index (χ1) is 13.5. The van der Waals surface area contributed by atoms with Crippen LogP contribution in [0.3, 0.4) is 0 Å². The molecule has 0 fully saturated rings. The van der Waals surface area contributed by atoms with Crippen molar-refractivity contribution >= 4 is 97.7 Å². The summed E-state index contributed by atoms with van der Waals surface area (Å²) in [5.41, 5.74) is 3.80. The molecule has 0 saturated heterocycles. The van der Waals surface area contributed by atoms with Crippen molar-refractivity contribution < 1.29 is 4.42 Å². The minimum absolute atomic E-state index is 0.0193. The molecule has 0 aliphatic heterocycles. The molecule has 0 N–H and O–H groups in total. The normalized spacial score (nSPS) is 11.6. The molecule has 2 heterocycles. The highest BCUT2D eigenvalue weighted by Gasteiger charge is 2.19. The summed E-state index contributed by atoms with van der Waals surface area (Å²) in [7, 11) is 24.5. The molecule has 0 unspecified atom stereocenters. The third-order valence-corrected chi connectivity index (χ3v) is 5.11. The Hall–Kier alpha value is -2.65. The zero-order valence-electron chi connectivity index (χ0n) is 14.5. The van der Waals surface area contributed by atoms with E-state index in [1.54, 1.807) is 0 Å². The van der Waals surface area contributed by atoms with Crippen molar-refractivity contribution in [2.24, 2.45) is 0 Å². The number of para-hydroxylation sites is 2. The zero-order chi connectivity index (χ0) is 19.6. The summed E-state index contributed by atoms with van der Waals surface area (Å²) in [6, 6.07) is 13.6. The Bertz CT molecular complexity index is 1430. The number of benzene rings is 3. The van der Waals surface area contributed by atoms with Gasteiger partial charge in [0, 0.05) is 21.7 Å². The summed E-state index contributed by atoms with van der Waals surface area (Å²) in [6.45, 7) is 0. The molecule has 122 valence electrons. The second-order valence-corrected chi connectivity index (χ2v) is 6.84. The topological polar surface area (TPSA) is 38.9 Å². The van der Waals surface area contributed by atoms with Gasteiger partial charge in [-0.3, -0.25) is 0 Å². The van der Waals surface area contributed by atoms with Gasteiger partial charge >= 0.3 is 0 Å². The van der Waals surface area contributed by atoms with E-state index in [0.717, 1.165) is 16.4 Å². The number of rotatable bonds is 1. The van der Waals surface area contributed by atoms with E-state index in [1.807, 2.05) is 42.5 Å². The van der Waals surface area contributed by atoms with Crippen LogP contribution in [0.4, 0.5) is 0 Å². The van der Waals surface area contributed by atoms with Crippen LogP contribution in [0, 0.1) is 0 Å². The van der Waals surface area contributed by atoms with Crippen molar-refractivity contribution in [2.75, 3.05) is 0 Å². The maximum absolute atomic E-state index is 6.28. The average Bonchev–Trinajstić information content (AvgIpc) is 3.09. The van der Waals surface area contributed by atoms with Crippen LogP contribution in [0.15, 0.2) is 46.9 Å². The van der Waals surface area contributed by atoms with E-state index in [1.165, 1.54) is 0 Å². The Morgan fingerprint density at radius 1 is 0.750 bits per heavy atom. The van der Waals surface area contributed by atoms with Crippen LogP contribution in [0.25, 0.3) is 44.1 Å². The molecule has 8 heteroatoms. The van der Waals surface area contributed by atoms with Gasteiger partial charge in [0.25, 0.3) is 0 Å². The standard InChI is InChI=1S/C20H7B4ClN2O/c21-13-12-17(26-20(25)27-18(12)16(24)15(23)14(13)22)10-6-3-5-9-8-4-1-2-7-11(8)28-19(9)10/h1-7H. The largest absolute Gasteiger partial charge is 0.455 e. The van der Waals surface area contributed by atoms with Crippen LogP contribution >= 0.6 is 11.6 Å². The fourth-order valence-corrected chi connectivity index (χ4v) is 3.73. The number of furan rings is 1. The molecule has 2 aromatic heterocycles. The van der Waals surface area contributed by atoms with Gasteiger partial charge in [0.15, 0.2) is 0 Å². The van der Waals surface area contributed by atoms with Gasteiger partial charge in [-0.1, -0.05) is 41.3 Å². The average molecular weight is 370 g/mol. The molecule has 0 aliphatic rings. The lowest BCUT2D eigenvalue weighted by Gasteiger charge is -2.17. The Kier molecular flexibility index (Phi) is 3.85. The van der Waals surface area contributed by atoms with E-state index in [9.17, 15) is 0 Å². The molecule has 3 nitrogen and oxygen atoms in total. The quantitative estimate of drug-likeness (QED) is 0.327. The van der Waals surface area contributed by atoms with E-state index in [0.29, 0.717) is 27.7 Å². The number of hydrogen-bond acceptors (Lipinski definition) is 3. The molecule has 0 aliphatic carbocycles. The first-order valence-corrected chi connectivity index (χ1v) is 8.85. The van der Waals surface area contributed by atoms with Gasteiger partial charge in [-0.05, 0) is 23.7 Å². The molecule has 0 amide bonds. The van der Waals surface area contributed by atoms with Gasteiger partial charge < -0.3 is 4.42 Å². The van der Waals surface area contributed by atoms with Gasteiger partial charge in [-0.15, -0.1) is 10.9 Å². The van der Waals surface area contributed by atoms with Crippen molar-refractivity contribution in [3.05, 3.63) is 47.7 Å². The second-order valence-electron chi connectivity index (χ2n) is 6.50. The number of fused-ring (bicyclic) bond motifs is 4. The number of aromatic nitrogens is 2. The van der Waals surface area contributed by atoms with Gasteiger partial charge in [0.05, 0.1) is 11.2 Å². The van der Waals surface area contributed by atoms with E-state index in [2.05, 4.69) is 9.97 Å². The molecule has 8 radical (unpaired) electrons. The van der Waals surface area contributed by atoms with Crippen LogP contribution in [-0.2, 0) is 0 Å². The molecule has 0 atom stereocenters. The van der Waals surface area contributed by atoms with Gasteiger partial charge in [0.1, 0.15) is 42.6 Å². The monoisotopic (exact) mass is 370 g/mol. The van der Waals surface area contributed by atoms with E-state index in [4.69, 9.17) is 47.4 Å². The smallest absolute Gasteiger partial charge is 0.223 e. The number of halogens is 1. The van der Waals surface area contributed by atoms with Crippen molar-refractivity contribution in [1.29, 1.82) is 0 Å². The Morgan fingerprint density at radius 2 is 1.46 bits per heavy atom. The highest BCUT2D eigenvalue weighted by molar-refractivity contribution is 6.66. The predicted molar refractivity (Wildman–Crippen MR) is 119 cm³/mol. The predicted octanol–water partition coefficient (Wildman–Crippen LogP) is 1.02. The zero-order valence-corrected chi connectivity index (χ0v) is 15.3. The first kappa shape index (κ1) is 17.4. The lowest BCUT2D eigenvalue weighted by atomic mass is 9.65. The lowest BCUT2D eigenvalue weighted by molar-refractivity contribution is 0.670. The van der Waals surface area contributed by atoms with Crippen LogP contribution in [0.2, 0.25) is 5.28 Å². The molecule has 0 spiro atoms. The summed E-state index contributed by atoms with van der Waals surface area (Å²) >= 11 is 6.20. The first-order valence-electron chi connectivity index (χ1n) is 8.47.